The molecule has 0 bridgehead atoms. The van der Waals surface area contributed by atoms with Crippen molar-refractivity contribution in [2.24, 2.45) is 0 Å². The van der Waals surface area contributed by atoms with E-state index in [-0.39, 0.29) is 5.91 Å². The second kappa shape index (κ2) is 5.16. The van der Waals surface area contributed by atoms with Crippen LogP contribution in [0.25, 0.3) is 5.65 Å². The minimum atomic E-state index is 0.0833. The molecule has 7 heteroatoms. The molecule has 2 N–H and O–H groups in total. The fourth-order valence-electron chi connectivity index (χ4n) is 1.76. The maximum absolute atomic E-state index is 11.5. The van der Waals surface area contributed by atoms with E-state index in [0.29, 0.717) is 25.0 Å². The van der Waals surface area contributed by atoms with Crippen molar-refractivity contribution in [1.29, 1.82) is 0 Å². The molecule has 1 amide bonds. The van der Waals surface area contributed by atoms with Crippen LogP contribution in [-0.2, 0) is 4.79 Å². The monoisotopic (exact) mass is 323 g/mol. The zero-order chi connectivity index (χ0) is 13.2. The normalized spacial score (nSPS) is 14.6. The molecule has 1 aliphatic rings. The number of amides is 1. The fourth-order valence-corrected chi connectivity index (χ4v) is 2.19. The van der Waals surface area contributed by atoms with Gasteiger partial charge in [-0.3, -0.25) is 4.79 Å². The van der Waals surface area contributed by atoms with Gasteiger partial charge >= 0.3 is 0 Å². The summed E-state index contributed by atoms with van der Waals surface area (Å²) in [5, 5.41) is 10.3. The van der Waals surface area contributed by atoms with Gasteiger partial charge in [0.1, 0.15) is 0 Å². The zero-order valence-corrected chi connectivity index (χ0v) is 11.9. The van der Waals surface area contributed by atoms with Crippen LogP contribution in [0, 0.1) is 0 Å². The molecule has 2 aromatic rings. The fraction of sp³-hybridized carbons (Fsp3) is 0.417. The Morgan fingerprint density at radius 3 is 3.11 bits per heavy atom. The van der Waals surface area contributed by atoms with E-state index in [4.69, 9.17) is 0 Å². The maximum atomic E-state index is 11.5. The molecule has 1 aliphatic carbocycles. The van der Waals surface area contributed by atoms with Crippen molar-refractivity contribution < 1.29 is 4.79 Å². The third-order valence-corrected chi connectivity index (χ3v) is 3.51. The Hall–Kier alpha value is -1.63. The van der Waals surface area contributed by atoms with Gasteiger partial charge in [-0.2, -0.15) is 4.98 Å². The average Bonchev–Trinajstić information content (AvgIpc) is 3.07. The first-order valence-corrected chi connectivity index (χ1v) is 7.06. The topological polar surface area (TPSA) is 71.3 Å². The highest BCUT2D eigenvalue weighted by Gasteiger charge is 2.22. The minimum Gasteiger partial charge on any atom is -0.353 e. The van der Waals surface area contributed by atoms with E-state index in [2.05, 4.69) is 36.6 Å². The zero-order valence-electron chi connectivity index (χ0n) is 10.3. The standard InChI is InChI=1S/C12H14BrN5O/c13-9-2-1-7-18-11(9)16-12(17-18)14-6-5-10(19)15-8-3-4-8/h1-2,7-8H,3-6H2,(H,14,17)(H,15,19). The maximum Gasteiger partial charge on any atom is 0.243 e. The lowest BCUT2D eigenvalue weighted by molar-refractivity contribution is -0.120. The summed E-state index contributed by atoms with van der Waals surface area (Å²) in [6.07, 6.45) is 4.49. The van der Waals surface area contributed by atoms with Crippen molar-refractivity contribution in [1.82, 2.24) is 19.9 Å². The van der Waals surface area contributed by atoms with Crippen LogP contribution in [0.15, 0.2) is 22.8 Å². The second-order valence-corrected chi connectivity index (χ2v) is 5.43. The predicted octanol–water partition coefficient (Wildman–Crippen LogP) is 1.57. The number of halogens is 1. The quantitative estimate of drug-likeness (QED) is 0.876. The van der Waals surface area contributed by atoms with Gasteiger partial charge in [-0.1, -0.05) is 0 Å². The van der Waals surface area contributed by atoms with Crippen LogP contribution in [0.4, 0.5) is 5.95 Å². The second-order valence-electron chi connectivity index (χ2n) is 4.58. The highest BCUT2D eigenvalue weighted by Crippen LogP contribution is 2.18. The number of pyridine rings is 1. The Bertz CT molecular complexity index is 607. The van der Waals surface area contributed by atoms with E-state index >= 15 is 0 Å². The molecule has 3 rings (SSSR count). The lowest BCUT2D eigenvalue weighted by atomic mass is 10.4. The lowest BCUT2D eigenvalue weighted by Crippen LogP contribution is -2.27. The van der Waals surface area contributed by atoms with E-state index in [1.165, 1.54) is 0 Å². The highest BCUT2D eigenvalue weighted by atomic mass is 79.9. The molecule has 0 unspecified atom stereocenters. The number of hydrogen-bond acceptors (Lipinski definition) is 4. The first kappa shape index (κ1) is 12.4. The number of rotatable bonds is 5. The van der Waals surface area contributed by atoms with Crippen molar-refractivity contribution in [3.05, 3.63) is 22.8 Å². The van der Waals surface area contributed by atoms with E-state index in [1.54, 1.807) is 4.52 Å². The van der Waals surface area contributed by atoms with Crippen LogP contribution in [0.1, 0.15) is 19.3 Å². The van der Waals surface area contributed by atoms with E-state index in [9.17, 15) is 4.79 Å². The summed E-state index contributed by atoms with van der Waals surface area (Å²) in [4.78, 5) is 15.8. The Morgan fingerprint density at radius 1 is 1.53 bits per heavy atom. The van der Waals surface area contributed by atoms with Crippen LogP contribution in [0.2, 0.25) is 0 Å². The van der Waals surface area contributed by atoms with Gasteiger partial charge in [0.05, 0.1) is 4.47 Å². The molecule has 2 heterocycles. The molecule has 0 aliphatic heterocycles. The Balaban J connectivity index is 1.56. The number of anilines is 1. The van der Waals surface area contributed by atoms with Gasteiger partial charge in [0.15, 0.2) is 5.65 Å². The van der Waals surface area contributed by atoms with E-state index in [1.807, 2.05) is 18.3 Å². The van der Waals surface area contributed by atoms with Gasteiger partial charge in [-0.05, 0) is 40.9 Å². The average molecular weight is 324 g/mol. The molecule has 0 spiro atoms. The summed E-state index contributed by atoms with van der Waals surface area (Å²) >= 11 is 3.42. The molecule has 1 fully saturated rings. The molecule has 2 aromatic heterocycles. The third kappa shape index (κ3) is 3.04. The Kier molecular flexibility index (Phi) is 3.37. The SMILES string of the molecule is O=C(CCNc1nc2c(Br)cccn2n1)NC1CC1. The van der Waals surface area contributed by atoms with Gasteiger partial charge in [-0.25, -0.2) is 4.52 Å². The number of hydrogen-bond donors (Lipinski definition) is 2. The summed E-state index contributed by atoms with van der Waals surface area (Å²) in [5.41, 5.74) is 0.757. The van der Waals surface area contributed by atoms with Crippen molar-refractivity contribution in [2.45, 2.75) is 25.3 Å². The summed E-state index contributed by atoms with van der Waals surface area (Å²) in [5.74, 6) is 0.617. The summed E-state index contributed by atoms with van der Waals surface area (Å²) < 4.78 is 2.58. The molecule has 0 radical (unpaired) electrons. The van der Waals surface area contributed by atoms with Gasteiger partial charge in [0.25, 0.3) is 0 Å². The molecular weight excluding hydrogens is 310 g/mol. The first-order chi connectivity index (χ1) is 9.22. The largest absolute Gasteiger partial charge is 0.353 e. The molecule has 1 saturated carbocycles. The molecule has 0 aromatic carbocycles. The first-order valence-electron chi connectivity index (χ1n) is 6.26. The highest BCUT2D eigenvalue weighted by molar-refractivity contribution is 9.10. The lowest BCUT2D eigenvalue weighted by Gasteiger charge is -2.03. The minimum absolute atomic E-state index is 0.0833. The van der Waals surface area contributed by atoms with Crippen LogP contribution in [-0.4, -0.2) is 33.1 Å². The van der Waals surface area contributed by atoms with Gasteiger partial charge in [0, 0.05) is 25.2 Å². The third-order valence-electron chi connectivity index (χ3n) is 2.89. The smallest absolute Gasteiger partial charge is 0.243 e. The number of aromatic nitrogens is 3. The number of carbonyl (C=O) groups excluding carboxylic acids is 1. The number of nitrogens with zero attached hydrogens (tertiary/aromatic N) is 3. The van der Waals surface area contributed by atoms with Crippen LogP contribution < -0.4 is 10.6 Å². The van der Waals surface area contributed by atoms with Crippen LogP contribution in [0.5, 0.6) is 0 Å². The number of carbonyl (C=O) groups is 1. The van der Waals surface area contributed by atoms with Gasteiger partial charge in [-0.15, -0.1) is 5.10 Å². The van der Waals surface area contributed by atoms with Gasteiger partial charge in [0.2, 0.25) is 11.9 Å². The van der Waals surface area contributed by atoms with E-state index < -0.39 is 0 Å². The van der Waals surface area contributed by atoms with Crippen LogP contribution in [0.3, 0.4) is 0 Å². The summed E-state index contributed by atoms with van der Waals surface area (Å²) in [6.45, 7) is 0.535. The van der Waals surface area contributed by atoms with Crippen molar-refractivity contribution in [3.8, 4) is 0 Å². The van der Waals surface area contributed by atoms with Gasteiger partial charge < -0.3 is 10.6 Å². The number of nitrogens with one attached hydrogen (secondary N) is 2. The Labute approximate surface area is 118 Å². The summed E-state index contributed by atoms with van der Waals surface area (Å²) in [7, 11) is 0. The molecule has 0 atom stereocenters. The van der Waals surface area contributed by atoms with Crippen molar-refractivity contribution >= 4 is 33.4 Å². The molecule has 100 valence electrons. The van der Waals surface area contributed by atoms with Crippen molar-refractivity contribution in [2.75, 3.05) is 11.9 Å². The van der Waals surface area contributed by atoms with Crippen molar-refractivity contribution in [3.63, 3.8) is 0 Å². The predicted molar refractivity (Wildman–Crippen MR) is 75.0 cm³/mol. The van der Waals surface area contributed by atoms with E-state index in [0.717, 1.165) is 23.0 Å². The summed E-state index contributed by atoms with van der Waals surface area (Å²) in [6, 6.07) is 4.21. The molecular formula is C12H14BrN5O. The molecule has 6 nitrogen and oxygen atoms in total. The number of fused-ring (bicyclic) bond motifs is 1. The molecule has 0 saturated heterocycles. The van der Waals surface area contributed by atoms with Crippen LogP contribution >= 0.6 is 15.9 Å². The Morgan fingerprint density at radius 2 is 2.37 bits per heavy atom. The molecule has 19 heavy (non-hydrogen) atoms.